The third-order valence-corrected chi connectivity index (χ3v) is 6.53. The molecule has 2 aromatic carbocycles. The van der Waals surface area contributed by atoms with Crippen LogP contribution in [0.15, 0.2) is 60.2 Å². The van der Waals surface area contributed by atoms with Crippen LogP contribution in [0, 0.1) is 0 Å². The lowest BCUT2D eigenvalue weighted by atomic mass is 9.86. The maximum absolute atomic E-state index is 13.0. The van der Waals surface area contributed by atoms with E-state index in [9.17, 15) is 13.2 Å². The molecule has 0 radical (unpaired) electrons. The van der Waals surface area contributed by atoms with E-state index in [1.54, 1.807) is 19.2 Å². The molecule has 3 aromatic rings. The second kappa shape index (κ2) is 8.96. The molecule has 4 rings (SSSR count). The van der Waals surface area contributed by atoms with E-state index in [0.717, 1.165) is 39.4 Å². The summed E-state index contributed by atoms with van der Waals surface area (Å²) in [4.78, 5) is 17.9. The fourth-order valence-electron chi connectivity index (χ4n) is 4.27. The maximum atomic E-state index is 13.0. The molecule has 6 nitrogen and oxygen atoms in total. The predicted octanol–water partition coefficient (Wildman–Crippen LogP) is 5.88. The average molecular weight is 491 g/mol. The van der Waals surface area contributed by atoms with Crippen molar-refractivity contribution in [3.05, 3.63) is 71.6 Å². The van der Waals surface area contributed by atoms with Crippen molar-refractivity contribution in [2.45, 2.75) is 39.5 Å². The average Bonchev–Trinajstić information content (AvgIpc) is 2.76. The van der Waals surface area contributed by atoms with Crippen LogP contribution >= 0.6 is 0 Å². The minimum Gasteiger partial charge on any atom is -0.494 e. The highest BCUT2D eigenvalue weighted by atomic mass is 32.2. The molecule has 1 heterocycles. The number of ether oxygens (including phenoxy) is 1. The number of nitrogens with zero attached hydrogens (tertiary/aromatic N) is 1. The first-order valence-electron chi connectivity index (χ1n) is 11.4. The van der Waals surface area contributed by atoms with Gasteiger partial charge < -0.3 is 4.74 Å². The van der Waals surface area contributed by atoms with Crippen LogP contribution in [-0.4, -0.2) is 32.6 Å². The summed E-state index contributed by atoms with van der Waals surface area (Å²) in [5, 5.41) is 1.72. The summed E-state index contributed by atoms with van der Waals surface area (Å²) in [6.07, 6.45) is 5.35. The summed E-state index contributed by atoms with van der Waals surface area (Å²) in [6.45, 7) is 8.18. The molecule has 0 unspecified atom stereocenters. The van der Waals surface area contributed by atoms with Crippen LogP contribution in [0.5, 0.6) is 5.75 Å². The van der Waals surface area contributed by atoms with Crippen molar-refractivity contribution in [1.82, 2.24) is 4.98 Å². The lowest BCUT2D eigenvalue weighted by Crippen LogP contribution is -2.18. The maximum Gasteiger partial charge on any atom is 0.229 e. The largest absolute Gasteiger partial charge is 0.494 e. The summed E-state index contributed by atoms with van der Waals surface area (Å²) < 4.78 is 31.4. The number of aromatic nitrogens is 1. The summed E-state index contributed by atoms with van der Waals surface area (Å²) in [7, 11) is -1.71. The van der Waals surface area contributed by atoms with Gasteiger partial charge in [-0.2, -0.15) is 0 Å². The minimum atomic E-state index is -3.35. The first-order chi connectivity index (χ1) is 16.4. The van der Waals surface area contributed by atoms with Crippen LogP contribution in [0.4, 0.5) is 5.69 Å². The van der Waals surface area contributed by atoms with Crippen molar-refractivity contribution in [3.63, 3.8) is 0 Å². The molecule has 1 N–H and O–H groups in total. The number of carbonyl (C=O) groups is 1. The number of pyridine rings is 1. The van der Waals surface area contributed by atoms with Gasteiger partial charge in [0.05, 0.1) is 24.8 Å². The molecule has 0 saturated heterocycles. The minimum absolute atomic E-state index is 0.0573. The Bertz CT molecular complexity index is 1490. The Morgan fingerprint density at radius 3 is 2.20 bits per heavy atom. The monoisotopic (exact) mass is 490 g/mol. The molecule has 0 amide bonds. The second-order valence-electron chi connectivity index (χ2n) is 10.00. The quantitative estimate of drug-likeness (QED) is 0.483. The van der Waals surface area contributed by atoms with Crippen LogP contribution in [-0.2, 0) is 20.2 Å². The number of sulfonamides is 1. The number of rotatable bonds is 5. The van der Waals surface area contributed by atoms with Gasteiger partial charge in [-0.25, -0.2) is 13.4 Å². The summed E-state index contributed by atoms with van der Waals surface area (Å²) in [6, 6.07) is 13.2. The summed E-state index contributed by atoms with van der Waals surface area (Å²) in [5.74, 6) is 0.742. The van der Waals surface area contributed by atoms with Gasteiger partial charge in [0.25, 0.3) is 0 Å². The molecule has 0 atom stereocenters. The zero-order valence-corrected chi connectivity index (χ0v) is 21.7. The van der Waals surface area contributed by atoms with Crippen LogP contribution in [0.2, 0.25) is 0 Å². The molecule has 0 aliphatic heterocycles. The Morgan fingerprint density at radius 1 is 0.971 bits per heavy atom. The number of anilines is 1. The lowest BCUT2D eigenvalue weighted by Gasteiger charge is -2.25. The number of Topliss-reactive ketones (excluding diaryl/α,β-unsaturated/α-hetero) is 1. The zero-order valence-electron chi connectivity index (χ0n) is 20.9. The number of ketones is 1. The van der Waals surface area contributed by atoms with Crippen molar-refractivity contribution in [1.29, 1.82) is 0 Å². The molecule has 0 saturated carbocycles. The van der Waals surface area contributed by atoms with Gasteiger partial charge in [-0.05, 0) is 42.3 Å². The standard InChI is InChI=1S/C28H30N2O4S/c1-17-7-13-22(24(31)15-17)25-21-14-10-19(18-8-11-20(12-9-18)30-35(6,32)33)16-23(21)26(34-5)27(29-25)28(2,3)4/h7-14,16,30H,15H2,1-6H3. The number of allylic oxidation sites excluding steroid dienone is 4. The van der Waals surface area contributed by atoms with Crippen molar-refractivity contribution >= 4 is 37.8 Å². The Labute approximate surface area is 206 Å². The summed E-state index contributed by atoms with van der Waals surface area (Å²) >= 11 is 0. The third-order valence-electron chi connectivity index (χ3n) is 5.92. The first-order valence-corrected chi connectivity index (χ1v) is 13.3. The van der Waals surface area contributed by atoms with Crippen molar-refractivity contribution in [3.8, 4) is 16.9 Å². The molecule has 0 bridgehead atoms. The third kappa shape index (κ3) is 5.15. The van der Waals surface area contributed by atoms with Crippen LogP contribution < -0.4 is 9.46 Å². The van der Waals surface area contributed by atoms with E-state index in [1.165, 1.54) is 0 Å². The number of carbonyl (C=O) groups excluding carboxylic acids is 1. The van der Waals surface area contributed by atoms with E-state index >= 15 is 0 Å². The van der Waals surface area contributed by atoms with E-state index in [0.29, 0.717) is 29.1 Å². The molecule has 0 spiro atoms. The van der Waals surface area contributed by atoms with E-state index in [-0.39, 0.29) is 11.2 Å². The van der Waals surface area contributed by atoms with E-state index in [1.807, 2.05) is 49.4 Å². The Morgan fingerprint density at radius 2 is 1.63 bits per heavy atom. The molecule has 0 fully saturated rings. The number of hydrogen-bond acceptors (Lipinski definition) is 5. The second-order valence-corrected chi connectivity index (χ2v) is 11.7. The van der Waals surface area contributed by atoms with Gasteiger partial charge >= 0.3 is 0 Å². The highest BCUT2D eigenvalue weighted by Crippen LogP contribution is 2.41. The van der Waals surface area contributed by atoms with Gasteiger partial charge in [0, 0.05) is 33.9 Å². The SMILES string of the molecule is COc1c(C(C)(C)C)nc(C2=CC=C(C)CC2=O)c2ccc(-c3ccc(NS(C)(=O)=O)cc3)cc12. The Hall–Kier alpha value is -3.45. The number of fused-ring (bicyclic) bond motifs is 1. The number of methoxy groups -OCH3 is 1. The number of nitrogens with one attached hydrogen (secondary N) is 1. The Balaban J connectivity index is 1.93. The van der Waals surface area contributed by atoms with Crippen LogP contribution in [0.3, 0.4) is 0 Å². The smallest absolute Gasteiger partial charge is 0.229 e. The molecular weight excluding hydrogens is 460 g/mol. The van der Waals surface area contributed by atoms with Crippen molar-refractivity contribution in [2.24, 2.45) is 0 Å². The van der Waals surface area contributed by atoms with E-state index in [2.05, 4.69) is 25.5 Å². The highest BCUT2D eigenvalue weighted by molar-refractivity contribution is 7.92. The molecule has 1 aliphatic carbocycles. The van der Waals surface area contributed by atoms with Gasteiger partial charge in [-0.1, -0.05) is 56.7 Å². The zero-order chi connectivity index (χ0) is 25.5. The molecule has 7 heteroatoms. The normalized spacial score (nSPS) is 14.5. The van der Waals surface area contributed by atoms with Gasteiger partial charge in [-0.15, -0.1) is 0 Å². The fraction of sp³-hybridized carbons (Fsp3) is 0.286. The van der Waals surface area contributed by atoms with E-state index < -0.39 is 10.0 Å². The van der Waals surface area contributed by atoms with Crippen molar-refractivity contribution in [2.75, 3.05) is 18.1 Å². The Kier molecular flexibility index (Phi) is 6.32. The van der Waals surface area contributed by atoms with E-state index in [4.69, 9.17) is 9.72 Å². The molecular formula is C28H30N2O4S. The topological polar surface area (TPSA) is 85.4 Å². The van der Waals surface area contributed by atoms with Gasteiger partial charge in [-0.3, -0.25) is 9.52 Å². The number of hydrogen-bond donors (Lipinski definition) is 1. The predicted molar refractivity (Wildman–Crippen MR) is 142 cm³/mol. The van der Waals surface area contributed by atoms with Gasteiger partial charge in [0.1, 0.15) is 5.75 Å². The molecule has 1 aromatic heterocycles. The van der Waals surface area contributed by atoms with Crippen LogP contribution in [0.1, 0.15) is 45.5 Å². The van der Waals surface area contributed by atoms with Gasteiger partial charge in [0.15, 0.2) is 5.78 Å². The highest BCUT2D eigenvalue weighted by Gasteiger charge is 2.28. The van der Waals surface area contributed by atoms with Crippen LogP contribution in [0.25, 0.3) is 27.5 Å². The van der Waals surface area contributed by atoms with Gasteiger partial charge in [0.2, 0.25) is 10.0 Å². The molecule has 1 aliphatic rings. The summed E-state index contributed by atoms with van der Waals surface area (Å²) in [5.41, 5.74) is 5.15. The lowest BCUT2D eigenvalue weighted by molar-refractivity contribution is -0.113. The molecule has 35 heavy (non-hydrogen) atoms. The van der Waals surface area contributed by atoms with Crippen molar-refractivity contribution < 1.29 is 17.9 Å². The first kappa shape index (κ1) is 24.7. The number of benzene rings is 2. The molecule has 182 valence electrons. The fourth-order valence-corrected chi connectivity index (χ4v) is 4.83.